The number of likely N-dealkylation sites (tertiary alicyclic amines) is 1. The number of halogens is 1. The Morgan fingerprint density at radius 2 is 2.00 bits per heavy atom. The van der Waals surface area contributed by atoms with Crippen molar-refractivity contribution in [2.24, 2.45) is 10.9 Å². The SMILES string of the molecule is CCCCNC(=NCC1CCN(CCc2ccccc2)C1)NCC.I. The molecule has 0 aromatic heterocycles. The van der Waals surface area contributed by atoms with E-state index in [1.807, 2.05) is 0 Å². The number of guanidine groups is 1. The molecule has 1 heterocycles. The molecule has 0 radical (unpaired) electrons. The molecule has 1 aromatic carbocycles. The zero-order chi connectivity index (χ0) is 17.0. The number of unbranched alkanes of at least 4 members (excludes halogenated alkanes) is 1. The van der Waals surface area contributed by atoms with E-state index in [-0.39, 0.29) is 24.0 Å². The minimum atomic E-state index is 0. The summed E-state index contributed by atoms with van der Waals surface area (Å²) in [6.07, 6.45) is 4.83. The van der Waals surface area contributed by atoms with Gasteiger partial charge < -0.3 is 15.5 Å². The standard InChI is InChI=1S/C20H34N4.HI/c1-3-5-13-22-20(21-4-2)23-16-19-12-15-24(17-19)14-11-18-9-7-6-8-10-18;/h6-10,19H,3-5,11-17H2,1-2H3,(H2,21,22,23);1H. The van der Waals surface area contributed by atoms with Crippen LogP contribution in [0.15, 0.2) is 35.3 Å². The predicted molar refractivity (Wildman–Crippen MR) is 119 cm³/mol. The summed E-state index contributed by atoms with van der Waals surface area (Å²) in [4.78, 5) is 7.38. The number of hydrogen-bond acceptors (Lipinski definition) is 2. The Hall–Kier alpha value is -0.820. The van der Waals surface area contributed by atoms with E-state index >= 15 is 0 Å². The molecular formula is C20H35IN4. The summed E-state index contributed by atoms with van der Waals surface area (Å²) in [5.41, 5.74) is 1.44. The van der Waals surface area contributed by atoms with Crippen LogP contribution < -0.4 is 10.6 Å². The van der Waals surface area contributed by atoms with E-state index in [0.29, 0.717) is 5.92 Å². The Morgan fingerprint density at radius 3 is 2.72 bits per heavy atom. The fourth-order valence-electron chi connectivity index (χ4n) is 3.14. The Bertz CT molecular complexity index is 478. The van der Waals surface area contributed by atoms with E-state index in [4.69, 9.17) is 4.99 Å². The molecule has 0 bridgehead atoms. The normalized spacial score (nSPS) is 18.0. The highest BCUT2D eigenvalue weighted by atomic mass is 127. The van der Waals surface area contributed by atoms with Gasteiger partial charge in [-0.15, -0.1) is 24.0 Å². The summed E-state index contributed by atoms with van der Waals surface area (Å²) in [7, 11) is 0. The van der Waals surface area contributed by atoms with Gasteiger partial charge in [-0.1, -0.05) is 43.7 Å². The van der Waals surface area contributed by atoms with Gasteiger partial charge in [0.25, 0.3) is 0 Å². The highest BCUT2D eigenvalue weighted by Gasteiger charge is 2.21. The summed E-state index contributed by atoms with van der Waals surface area (Å²) in [6.45, 7) is 10.8. The first-order chi connectivity index (χ1) is 11.8. The minimum Gasteiger partial charge on any atom is -0.357 e. The fraction of sp³-hybridized carbons (Fsp3) is 0.650. The second-order valence-corrected chi connectivity index (χ2v) is 6.69. The van der Waals surface area contributed by atoms with E-state index in [2.05, 4.69) is 59.7 Å². The van der Waals surface area contributed by atoms with Crippen molar-refractivity contribution in [2.45, 2.75) is 39.5 Å². The predicted octanol–water partition coefficient (Wildman–Crippen LogP) is 3.52. The van der Waals surface area contributed by atoms with Gasteiger partial charge in [0.1, 0.15) is 0 Å². The Balaban J connectivity index is 0.00000312. The second kappa shape index (κ2) is 13.4. The van der Waals surface area contributed by atoms with Crippen LogP contribution in [0.5, 0.6) is 0 Å². The van der Waals surface area contributed by atoms with E-state index in [1.165, 1.54) is 44.5 Å². The summed E-state index contributed by atoms with van der Waals surface area (Å²) < 4.78 is 0. The molecule has 1 saturated heterocycles. The third kappa shape index (κ3) is 8.90. The molecule has 0 aliphatic carbocycles. The van der Waals surface area contributed by atoms with Gasteiger partial charge >= 0.3 is 0 Å². The van der Waals surface area contributed by atoms with Gasteiger partial charge in [0.2, 0.25) is 0 Å². The molecule has 5 heteroatoms. The topological polar surface area (TPSA) is 39.7 Å². The molecule has 1 unspecified atom stereocenters. The number of benzene rings is 1. The zero-order valence-corrected chi connectivity index (χ0v) is 18.2. The lowest BCUT2D eigenvalue weighted by molar-refractivity contribution is 0.329. The maximum Gasteiger partial charge on any atom is 0.191 e. The summed E-state index contributed by atoms with van der Waals surface area (Å²) in [5.74, 6) is 1.68. The molecule has 1 aliphatic heterocycles. The van der Waals surface area contributed by atoms with Crippen LogP contribution in [0.3, 0.4) is 0 Å². The summed E-state index contributed by atoms with van der Waals surface area (Å²) in [5, 5.41) is 6.78. The van der Waals surface area contributed by atoms with E-state index in [9.17, 15) is 0 Å². The monoisotopic (exact) mass is 458 g/mol. The van der Waals surface area contributed by atoms with Crippen molar-refractivity contribution in [3.63, 3.8) is 0 Å². The van der Waals surface area contributed by atoms with Gasteiger partial charge in [0.05, 0.1) is 0 Å². The van der Waals surface area contributed by atoms with Crippen molar-refractivity contribution in [3.05, 3.63) is 35.9 Å². The molecule has 2 rings (SSSR count). The van der Waals surface area contributed by atoms with Gasteiger partial charge in [-0.05, 0) is 44.2 Å². The highest BCUT2D eigenvalue weighted by molar-refractivity contribution is 14.0. The number of aliphatic imine (C=N–C) groups is 1. The van der Waals surface area contributed by atoms with Crippen LogP contribution >= 0.6 is 24.0 Å². The first-order valence-corrected chi connectivity index (χ1v) is 9.60. The van der Waals surface area contributed by atoms with Gasteiger partial charge in [-0.2, -0.15) is 0 Å². The van der Waals surface area contributed by atoms with Gasteiger partial charge in [-0.25, -0.2) is 0 Å². The van der Waals surface area contributed by atoms with E-state index < -0.39 is 0 Å². The van der Waals surface area contributed by atoms with Gasteiger partial charge in [0.15, 0.2) is 5.96 Å². The molecule has 1 aromatic rings. The molecule has 0 spiro atoms. The molecule has 142 valence electrons. The first kappa shape index (κ1) is 22.2. The lowest BCUT2D eigenvalue weighted by Gasteiger charge is -2.16. The zero-order valence-electron chi connectivity index (χ0n) is 15.8. The third-order valence-electron chi connectivity index (χ3n) is 4.60. The number of hydrogen-bond donors (Lipinski definition) is 2. The average molecular weight is 458 g/mol. The van der Waals surface area contributed by atoms with E-state index in [0.717, 1.165) is 32.0 Å². The average Bonchev–Trinajstić information content (AvgIpc) is 3.07. The van der Waals surface area contributed by atoms with Crippen LogP contribution in [0.1, 0.15) is 38.7 Å². The molecule has 0 amide bonds. The summed E-state index contributed by atoms with van der Waals surface area (Å²) in [6, 6.07) is 10.8. The molecule has 1 fully saturated rings. The van der Waals surface area contributed by atoms with Crippen molar-refractivity contribution < 1.29 is 0 Å². The maximum absolute atomic E-state index is 4.79. The van der Waals surface area contributed by atoms with Crippen molar-refractivity contribution in [1.82, 2.24) is 15.5 Å². The van der Waals surface area contributed by atoms with Crippen LogP contribution in [0.4, 0.5) is 0 Å². The number of nitrogens with one attached hydrogen (secondary N) is 2. The Labute approximate surface area is 170 Å². The van der Waals surface area contributed by atoms with Crippen LogP contribution in [0.2, 0.25) is 0 Å². The largest absolute Gasteiger partial charge is 0.357 e. The fourth-order valence-corrected chi connectivity index (χ4v) is 3.14. The molecule has 0 saturated carbocycles. The summed E-state index contributed by atoms with van der Waals surface area (Å²) >= 11 is 0. The molecule has 1 atom stereocenters. The van der Waals surface area contributed by atoms with E-state index in [1.54, 1.807) is 0 Å². The molecule has 4 nitrogen and oxygen atoms in total. The quantitative estimate of drug-likeness (QED) is 0.258. The minimum absolute atomic E-state index is 0. The van der Waals surface area contributed by atoms with Gasteiger partial charge in [-0.3, -0.25) is 4.99 Å². The van der Waals surface area contributed by atoms with Crippen LogP contribution in [-0.2, 0) is 6.42 Å². The third-order valence-corrected chi connectivity index (χ3v) is 4.60. The number of rotatable bonds is 9. The second-order valence-electron chi connectivity index (χ2n) is 6.69. The smallest absolute Gasteiger partial charge is 0.191 e. The van der Waals surface area contributed by atoms with Crippen molar-refractivity contribution in [3.8, 4) is 0 Å². The molecule has 1 aliphatic rings. The van der Waals surface area contributed by atoms with Crippen molar-refractivity contribution in [1.29, 1.82) is 0 Å². The lowest BCUT2D eigenvalue weighted by atomic mass is 10.1. The Morgan fingerprint density at radius 1 is 1.20 bits per heavy atom. The Kier molecular flexibility index (Phi) is 11.9. The molecular weight excluding hydrogens is 423 g/mol. The van der Waals surface area contributed by atoms with Crippen LogP contribution in [-0.4, -0.2) is 50.1 Å². The van der Waals surface area contributed by atoms with Crippen LogP contribution in [0, 0.1) is 5.92 Å². The highest BCUT2D eigenvalue weighted by Crippen LogP contribution is 2.17. The maximum atomic E-state index is 4.79. The van der Waals surface area contributed by atoms with Crippen LogP contribution in [0.25, 0.3) is 0 Å². The van der Waals surface area contributed by atoms with Crippen molar-refractivity contribution in [2.75, 3.05) is 39.3 Å². The lowest BCUT2D eigenvalue weighted by Crippen LogP contribution is -2.38. The van der Waals surface area contributed by atoms with Gasteiger partial charge in [0, 0.05) is 32.7 Å². The molecule has 2 N–H and O–H groups in total. The molecule has 25 heavy (non-hydrogen) atoms. The van der Waals surface area contributed by atoms with Crippen molar-refractivity contribution >= 4 is 29.9 Å². The first-order valence-electron chi connectivity index (χ1n) is 9.60. The number of nitrogens with zero attached hydrogens (tertiary/aromatic N) is 2.